The van der Waals surface area contributed by atoms with Gasteiger partial charge in [0.05, 0.1) is 13.2 Å². The molecule has 0 aliphatic carbocycles. The standard InChI is InChI=1S/C55H98O10/c1-3-5-7-9-11-13-15-17-19-21-23-24-26-27-29-31-33-35-37-39-41-43-50(57)62-46-48(47-63-55-54(61)53(60)52(59)49(45-56)65-55)64-51(58)44-42-40-38-36-34-32-30-28-25-22-20-18-16-14-12-10-8-6-4-2/h12,14,18,20-21,23,25,28,48-49,52-56,59-61H,3-11,13,15-17,19,22,24,26-27,29-47H2,1-2H3/b14-12-,20-18-,23-21-,28-25-. The number of rotatable bonds is 45. The Morgan fingerprint density at radius 2 is 0.862 bits per heavy atom. The first-order chi connectivity index (χ1) is 31.8. The van der Waals surface area contributed by atoms with Gasteiger partial charge in [-0.1, -0.05) is 191 Å². The van der Waals surface area contributed by atoms with Crippen LogP contribution in [0.2, 0.25) is 0 Å². The molecule has 378 valence electrons. The second-order valence-corrected chi connectivity index (χ2v) is 18.3. The highest BCUT2D eigenvalue weighted by atomic mass is 16.7. The molecule has 10 heteroatoms. The molecule has 1 aliphatic rings. The fourth-order valence-electron chi connectivity index (χ4n) is 7.96. The molecule has 0 radical (unpaired) electrons. The van der Waals surface area contributed by atoms with Crippen LogP contribution in [-0.2, 0) is 28.5 Å². The van der Waals surface area contributed by atoms with Crippen molar-refractivity contribution >= 4 is 11.9 Å². The second-order valence-electron chi connectivity index (χ2n) is 18.3. The van der Waals surface area contributed by atoms with Crippen LogP contribution in [0.3, 0.4) is 0 Å². The second kappa shape index (κ2) is 45.4. The van der Waals surface area contributed by atoms with E-state index >= 15 is 0 Å². The van der Waals surface area contributed by atoms with Crippen molar-refractivity contribution in [1.29, 1.82) is 0 Å². The Balaban J connectivity index is 2.26. The van der Waals surface area contributed by atoms with Crippen LogP contribution in [0.15, 0.2) is 48.6 Å². The highest BCUT2D eigenvalue weighted by molar-refractivity contribution is 5.70. The van der Waals surface area contributed by atoms with Crippen molar-refractivity contribution in [2.75, 3.05) is 19.8 Å². The van der Waals surface area contributed by atoms with Gasteiger partial charge in [0.15, 0.2) is 12.4 Å². The molecule has 0 aromatic rings. The van der Waals surface area contributed by atoms with Crippen molar-refractivity contribution < 1.29 is 49.0 Å². The molecule has 0 spiro atoms. The quantitative estimate of drug-likeness (QED) is 0.0264. The van der Waals surface area contributed by atoms with Crippen LogP contribution in [0.25, 0.3) is 0 Å². The third-order valence-corrected chi connectivity index (χ3v) is 12.2. The lowest BCUT2D eigenvalue weighted by Gasteiger charge is -2.39. The first-order valence-electron chi connectivity index (χ1n) is 26.7. The Labute approximate surface area is 397 Å². The summed E-state index contributed by atoms with van der Waals surface area (Å²) in [6.07, 6.45) is 48.3. The van der Waals surface area contributed by atoms with E-state index in [1.807, 2.05) is 0 Å². The number of hydrogen-bond donors (Lipinski definition) is 4. The van der Waals surface area contributed by atoms with Gasteiger partial charge in [-0.15, -0.1) is 0 Å². The summed E-state index contributed by atoms with van der Waals surface area (Å²) in [6.45, 7) is 3.41. The molecule has 10 nitrogen and oxygen atoms in total. The fourth-order valence-corrected chi connectivity index (χ4v) is 7.96. The zero-order chi connectivity index (χ0) is 47.3. The predicted molar refractivity (Wildman–Crippen MR) is 265 cm³/mol. The molecule has 4 N–H and O–H groups in total. The average Bonchev–Trinajstić information content (AvgIpc) is 3.30. The van der Waals surface area contributed by atoms with Crippen molar-refractivity contribution in [3.8, 4) is 0 Å². The summed E-state index contributed by atoms with van der Waals surface area (Å²) in [6, 6.07) is 0. The monoisotopic (exact) mass is 919 g/mol. The normalized spacial score (nSPS) is 19.6. The molecule has 0 saturated carbocycles. The lowest BCUT2D eigenvalue weighted by atomic mass is 9.99. The first-order valence-corrected chi connectivity index (χ1v) is 26.7. The van der Waals surface area contributed by atoms with Crippen LogP contribution in [0.4, 0.5) is 0 Å². The third-order valence-electron chi connectivity index (χ3n) is 12.2. The van der Waals surface area contributed by atoms with Crippen LogP contribution >= 0.6 is 0 Å². The number of esters is 2. The summed E-state index contributed by atoms with van der Waals surface area (Å²) in [4.78, 5) is 25.5. The molecule has 0 aromatic heterocycles. The van der Waals surface area contributed by atoms with Crippen LogP contribution < -0.4 is 0 Å². The largest absolute Gasteiger partial charge is 0.462 e. The van der Waals surface area contributed by atoms with Gasteiger partial charge in [0.2, 0.25) is 0 Å². The van der Waals surface area contributed by atoms with Gasteiger partial charge in [-0.3, -0.25) is 9.59 Å². The van der Waals surface area contributed by atoms with E-state index in [4.69, 9.17) is 18.9 Å². The van der Waals surface area contributed by atoms with Crippen LogP contribution in [0.5, 0.6) is 0 Å². The third kappa shape index (κ3) is 36.4. The van der Waals surface area contributed by atoms with Crippen LogP contribution in [0.1, 0.15) is 232 Å². The van der Waals surface area contributed by atoms with E-state index in [9.17, 15) is 30.0 Å². The summed E-state index contributed by atoms with van der Waals surface area (Å²) in [5, 5.41) is 40.2. The molecule has 1 saturated heterocycles. The number of aliphatic hydroxyl groups excluding tert-OH is 4. The number of allylic oxidation sites excluding steroid dienone is 8. The number of hydrogen-bond acceptors (Lipinski definition) is 10. The van der Waals surface area contributed by atoms with Crippen molar-refractivity contribution in [1.82, 2.24) is 0 Å². The zero-order valence-corrected chi connectivity index (χ0v) is 41.5. The van der Waals surface area contributed by atoms with Crippen LogP contribution in [0, 0.1) is 0 Å². The number of carbonyl (C=O) groups excluding carboxylic acids is 2. The van der Waals surface area contributed by atoms with Crippen molar-refractivity contribution in [3.05, 3.63) is 48.6 Å². The maximum Gasteiger partial charge on any atom is 0.306 e. The molecule has 1 heterocycles. The summed E-state index contributed by atoms with van der Waals surface area (Å²) in [5.41, 5.74) is 0. The van der Waals surface area contributed by atoms with Crippen molar-refractivity contribution in [2.24, 2.45) is 0 Å². The van der Waals surface area contributed by atoms with Gasteiger partial charge < -0.3 is 39.4 Å². The fraction of sp³-hybridized carbons (Fsp3) is 0.818. The van der Waals surface area contributed by atoms with E-state index < -0.39 is 49.4 Å². The predicted octanol–water partition coefficient (Wildman–Crippen LogP) is 12.8. The van der Waals surface area contributed by atoms with Crippen molar-refractivity contribution in [2.45, 2.75) is 269 Å². The topological polar surface area (TPSA) is 152 Å². The van der Waals surface area contributed by atoms with E-state index in [2.05, 4.69) is 62.5 Å². The summed E-state index contributed by atoms with van der Waals surface area (Å²) in [5.74, 6) is -0.818. The van der Waals surface area contributed by atoms with Gasteiger partial charge in [0, 0.05) is 12.8 Å². The Morgan fingerprint density at radius 3 is 1.34 bits per heavy atom. The van der Waals surface area contributed by atoms with Gasteiger partial charge in [-0.2, -0.15) is 0 Å². The molecule has 0 aromatic carbocycles. The van der Waals surface area contributed by atoms with Crippen LogP contribution in [-0.4, -0.2) is 89.0 Å². The minimum atomic E-state index is -1.60. The minimum absolute atomic E-state index is 0.214. The smallest absolute Gasteiger partial charge is 0.306 e. The number of carbonyl (C=O) groups is 2. The van der Waals surface area contributed by atoms with Gasteiger partial charge in [-0.05, 0) is 77.0 Å². The minimum Gasteiger partial charge on any atom is -0.462 e. The number of ether oxygens (including phenoxy) is 4. The van der Waals surface area contributed by atoms with E-state index in [0.717, 1.165) is 77.0 Å². The molecule has 65 heavy (non-hydrogen) atoms. The molecule has 1 fully saturated rings. The highest BCUT2D eigenvalue weighted by Crippen LogP contribution is 2.23. The number of unbranched alkanes of at least 4 members (excludes halogenated alkanes) is 26. The maximum absolute atomic E-state index is 12.8. The molecule has 6 atom stereocenters. The summed E-state index contributed by atoms with van der Waals surface area (Å²) >= 11 is 0. The van der Waals surface area contributed by atoms with E-state index in [1.165, 1.54) is 122 Å². The zero-order valence-electron chi connectivity index (χ0n) is 41.5. The van der Waals surface area contributed by atoms with E-state index in [-0.39, 0.29) is 32.0 Å². The summed E-state index contributed by atoms with van der Waals surface area (Å²) < 4.78 is 22.3. The van der Waals surface area contributed by atoms with E-state index in [1.54, 1.807) is 0 Å². The van der Waals surface area contributed by atoms with E-state index in [0.29, 0.717) is 6.42 Å². The molecular formula is C55H98O10. The maximum atomic E-state index is 12.8. The Bertz CT molecular complexity index is 1200. The number of aliphatic hydroxyl groups is 4. The Kier molecular flexibility index (Phi) is 42.4. The van der Waals surface area contributed by atoms with Gasteiger partial charge in [0.25, 0.3) is 0 Å². The van der Waals surface area contributed by atoms with Gasteiger partial charge >= 0.3 is 11.9 Å². The SMILES string of the molecule is CCCCC/C=C\C/C=C\C/C=C\CCCCCCCCC(=O)OC(COC(=O)CCCCCCCCCCC/C=C\CCCCCCCCCC)COC1OC(CO)C(O)C(O)C1O. The first kappa shape index (κ1) is 60.7. The Morgan fingerprint density at radius 1 is 0.477 bits per heavy atom. The molecule has 1 aliphatic heterocycles. The molecule has 0 bridgehead atoms. The lowest BCUT2D eigenvalue weighted by molar-refractivity contribution is -0.305. The van der Waals surface area contributed by atoms with Gasteiger partial charge in [0.1, 0.15) is 31.0 Å². The van der Waals surface area contributed by atoms with Gasteiger partial charge in [-0.25, -0.2) is 0 Å². The lowest BCUT2D eigenvalue weighted by Crippen LogP contribution is -2.59. The van der Waals surface area contributed by atoms with Crippen molar-refractivity contribution in [3.63, 3.8) is 0 Å². The summed E-state index contributed by atoms with van der Waals surface area (Å²) in [7, 11) is 0. The highest BCUT2D eigenvalue weighted by Gasteiger charge is 2.44. The molecule has 1 rings (SSSR count). The molecule has 0 amide bonds. The molecular weight excluding hydrogens is 821 g/mol. The molecule has 6 unspecified atom stereocenters. The average molecular weight is 919 g/mol. The Hall–Kier alpha value is -2.34.